The number of hydrogen-bond donors (Lipinski definition) is 0. The molecule has 1 aromatic carbocycles. The highest BCUT2D eigenvalue weighted by Crippen LogP contribution is 2.43. The van der Waals surface area contributed by atoms with Crippen molar-refractivity contribution in [2.45, 2.75) is 15.0 Å². The van der Waals surface area contributed by atoms with Crippen LogP contribution in [0.15, 0.2) is 0 Å². The minimum Gasteiger partial charge on any atom is -0.203 e. The molecule has 0 nitrogen and oxygen atoms in total. The summed E-state index contributed by atoms with van der Waals surface area (Å²) in [5.74, 6) is -6.54. The van der Waals surface area contributed by atoms with Crippen molar-refractivity contribution in [3.05, 3.63) is 34.4 Å². The molecule has 0 saturated heterocycles. The molecule has 0 fully saturated rings. The minimum atomic E-state index is -2.60. The molecule has 9 heteroatoms. The Kier molecular flexibility index (Phi) is 6.27. The molecule has 108 valence electrons. The van der Waals surface area contributed by atoms with Gasteiger partial charge in [0.25, 0.3) is 0 Å². The number of hydrogen-bond acceptors (Lipinski definition) is 0. The van der Waals surface area contributed by atoms with Gasteiger partial charge in [0.2, 0.25) is 3.79 Å². The molecule has 0 unspecified atom stereocenters. The largest absolute Gasteiger partial charge is 0.221 e. The smallest absolute Gasteiger partial charge is 0.203 e. The highest BCUT2D eigenvalue weighted by Gasteiger charge is 2.37. The van der Waals surface area contributed by atoms with Crippen molar-refractivity contribution in [3.63, 3.8) is 0 Å². The van der Waals surface area contributed by atoms with Crippen molar-refractivity contribution in [3.8, 4) is 0 Å². The van der Waals surface area contributed by atoms with Crippen molar-refractivity contribution in [2.75, 3.05) is 5.33 Å². The zero-order valence-corrected chi connectivity index (χ0v) is 14.3. The molecule has 0 aliphatic carbocycles. The van der Waals surface area contributed by atoms with E-state index in [0.717, 1.165) is 0 Å². The van der Waals surface area contributed by atoms with Crippen LogP contribution in [0.2, 0.25) is 0 Å². The first-order valence-corrected chi connectivity index (χ1v) is 7.90. The molecule has 0 saturated carbocycles. The average molecular weight is 467 g/mol. The molecule has 0 N–H and O–H groups in total. The maximum Gasteiger partial charge on any atom is 0.221 e. The summed E-state index contributed by atoms with van der Waals surface area (Å²) in [5, 5.41) is 0.335. The van der Waals surface area contributed by atoms with Crippen LogP contribution in [-0.4, -0.2) is 10.2 Å². The summed E-state index contributed by atoms with van der Waals surface area (Å²) in [7, 11) is 0. The molecular weight excluding hydrogens is 462 g/mol. The van der Waals surface area contributed by atoms with E-state index in [1.165, 1.54) is 0 Å². The lowest BCUT2D eigenvalue weighted by atomic mass is 10.0. The summed E-state index contributed by atoms with van der Waals surface area (Å²) in [6.07, 6.45) is -0.267. The van der Waals surface area contributed by atoms with Crippen LogP contribution in [0.4, 0.5) is 17.6 Å². The zero-order valence-electron chi connectivity index (χ0n) is 8.89. The van der Waals surface area contributed by atoms with E-state index in [0.29, 0.717) is 5.33 Å². The Balaban J connectivity index is 3.48. The van der Waals surface area contributed by atoms with Gasteiger partial charge in [-0.15, -0.1) is 0 Å². The molecule has 1 atom stereocenters. The monoisotopic (exact) mass is 464 g/mol. The molecule has 0 bridgehead atoms. The number of alkyl halides is 5. The van der Waals surface area contributed by atoms with Crippen LogP contribution in [0.1, 0.15) is 11.1 Å². The predicted octanol–water partition coefficient (Wildman–Crippen LogP) is 5.77. The summed E-state index contributed by atoms with van der Waals surface area (Å²) < 4.78 is 52.3. The highest BCUT2D eigenvalue weighted by atomic mass is 79.9. The first-order valence-electron chi connectivity index (χ1n) is 4.73. The summed E-state index contributed by atoms with van der Waals surface area (Å²) in [6, 6.07) is 0. The lowest BCUT2D eigenvalue weighted by Crippen LogP contribution is -2.17. The van der Waals surface area contributed by atoms with Crippen molar-refractivity contribution in [2.24, 2.45) is 0 Å². The molecule has 1 aromatic rings. The van der Waals surface area contributed by atoms with Crippen LogP contribution in [0, 0.1) is 23.3 Å². The summed E-state index contributed by atoms with van der Waals surface area (Å²) in [5.41, 5.74) is -2.00. The molecule has 0 radical (unpaired) electrons. The number of halogens is 9. The Hall–Kier alpha value is 0.770. The second kappa shape index (κ2) is 6.69. The fraction of sp³-hybridized carbons (Fsp3) is 0.400. The van der Waals surface area contributed by atoms with E-state index in [9.17, 15) is 17.6 Å². The van der Waals surface area contributed by atoms with Crippen LogP contribution in [0.5, 0.6) is 0 Å². The quantitative estimate of drug-likeness (QED) is 0.301. The molecule has 0 aliphatic rings. The van der Waals surface area contributed by atoms with E-state index >= 15 is 0 Å². The Morgan fingerprint density at radius 1 is 0.947 bits per heavy atom. The van der Waals surface area contributed by atoms with Gasteiger partial charge in [0.05, 0.1) is 5.56 Å². The van der Waals surface area contributed by atoms with Crippen LogP contribution >= 0.6 is 66.7 Å². The maximum atomic E-state index is 13.7. The van der Waals surface area contributed by atoms with Gasteiger partial charge in [-0.05, 0) is 6.42 Å². The molecule has 0 amide bonds. The van der Waals surface area contributed by atoms with Crippen molar-refractivity contribution in [1.29, 1.82) is 0 Å². The lowest BCUT2D eigenvalue weighted by molar-refractivity contribution is 0.427. The minimum absolute atomic E-state index is 0.267. The van der Waals surface area contributed by atoms with Gasteiger partial charge in [-0.1, -0.05) is 66.7 Å². The van der Waals surface area contributed by atoms with Gasteiger partial charge in [0, 0.05) is 15.7 Å². The summed E-state index contributed by atoms with van der Waals surface area (Å²) in [6.45, 7) is 0. The molecule has 1 rings (SSSR count). The Bertz CT molecular complexity index is 462. The summed E-state index contributed by atoms with van der Waals surface area (Å²) in [4.78, 5) is -0.408. The normalized spacial score (nSPS) is 13.7. The second-order valence-electron chi connectivity index (χ2n) is 3.56. The van der Waals surface area contributed by atoms with Gasteiger partial charge in [-0.3, -0.25) is 0 Å². The third-order valence-corrected chi connectivity index (χ3v) is 5.10. The molecule has 0 aliphatic heterocycles. The van der Waals surface area contributed by atoms with Crippen LogP contribution in [-0.2, 0) is 10.2 Å². The number of benzene rings is 1. The Morgan fingerprint density at radius 2 is 1.37 bits per heavy atom. The fourth-order valence-electron chi connectivity index (χ4n) is 1.38. The number of rotatable bonds is 3. The van der Waals surface area contributed by atoms with Gasteiger partial charge in [-0.25, -0.2) is 17.6 Å². The van der Waals surface area contributed by atoms with Crippen LogP contribution < -0.4 is 0 Å². The molecule has 0 heterocycles. The van der Waals surface area contributed by atoms with Crippen LogP contribution in [0.25, 0.3) is 0 Å². The van der Waals surface area contributed by atoms with Crippen molar-refractivity contribution < 1.29 is 17.6 Å². The van der Waals surface area contributed by atoms with Gasteiger partial charge in [0.1, 0.15) is 0 Å². The third kappa shape index (κ3) is 3.90. The van der Waals surface area contributed by atoms with Gasteiger partial charge < -0.3 is 0 Å². The van der Waals surface area contributed by atoms with Gasteiger partial charge in [-0.2, -0.15) is 0 Å². The van der Waals surface area contributed by atoms with E-state index in [4.69, 9.17) is 34.8 Å². The average Bonchev–Trinajstić information content (AvgIpc) is 2.30. The van der Waals surface area contributed by atoms with E-state index < -0.39 is 43.0 Å². The van der Waals surface area contributed by atoms with E-state index in [2.05, 4.69) is 31.9 Å². The highest BCUT2D eigenvalue weighted by molar-refractivity contribution is 9.12. The van der Waals surface area contributed by atoms with Gasteiger partial charge in [0.15, 0.2) is 23.3 Å². The molecule has 0 aromatic heterocycles. The lowest BCUT2D eigenvalue weighted by Gasteiger charge is -2.17. The zero-order chi connectivity index (χ0) is 15.0. The Morgan fingerprint density at radius 3 is 1.68 bits per heavy atom. The standard InChI is InChI=1S/C10H5Br2Cl3F4/c11-2-3(12)1-4-6(16)8(18)5(10(13,14)15)9(19)7(4)17/h3H,1-2H2/t3-/m0/s1. The second-order valence-corrected chi connectivity index (χ2v) is 7.79. The molecular formula is C10H5Br2Cl3F4. The van der Waals surface area contributed by atoms with Crippen molar-refractivity contribution >= 4 is 66.7 Å². The van der Waals surface area contributed by atoms with Gasteiger partial charge >= 0.3 is 0 Å². The first-order chi connectivity index (χ1) is 8.61. The maximum absolute atomic E-state index is 13.7. The molecule has 19 heavy (non-hydrogen) atoms. The molecule has 0 spiro atoms. The first kappa shape index (κ1) is 17.8. The predicted molar refractivity (Wildman–Crippen MR) is 75.7 cm³/mol. The van der Waals surface area contributed by atoms with E-state index in [1.54, 1.807) is 0 Å². The topological polar surface area (TPSA) is 0 Å². The van der Waals surface area contributed by atoms with Crippen molar-refractivity contribution in [1.82, 2.24) is 0 Å². The van der Waals surface area contributed by atoms with E-state index in [-0.39, 0.29) is 6.42 Å². The Labute approximate surface area is 138 Å². The summed E-state index contributed by atoms with van der Waals surface area (Å²) >= 11 is 22.0. The third-order valence-electron chi connectivity index (χ3n) is 2.23. The fourth-order valence-corrected chi connectivity index (χ4v) is 2.43. The SMILES string of the molecule is Fc1c(F)c(C(Cl)(Cl)Cl)c(F)c(F)c1C[C@H](Br)CBr. The van der Waals surface area contributed by atoms with E-state index in [1.807, 2.05) is 0 Å². The van der Waals surface area contributed by atoms with Crippen LogP contribution in [0.3, 0.4) is 0 Å².